The lowest BCUT2D eigenvalue weighted by Crippen LogP contribution is -2.42. The zero-order chi connectivity index (χ0) is 16.3. The van der Waals surface area contributed by atoms with Gasteiger partial charge in [-0.15, -0.1) is 0 Å². The van der Waals surface area contributed by atoms with Crippen LogP contribution in [0.1, 0.15) is 5.56 Å². The van der Waals surface area contributed by atoms with Crippen LogP contribution in [-0.4, -0.2) is 29.1 Å². The second-order valence-electron chi connectivity index (χ2n) is 4.38. The summed E-state index contributed by atoms with van der Waals surface area (Å²) < 4.78 is 42.1. The number of benzene rings is 1. The third-order valence-corrected chi connectivity index (χ3v) is 3.83. The third kappa shape index (κ3) is 4.46. The van der Waals surface area contributed by atoms with Gasteiger partial charge < -0.3 is 15.8 Å². The number of ether oxygens (including phenoxy) is 1. The van der Waals surface area contributed by atoms with Crippen LogP contribution in [0.4, 0.5) is 13.2 Å². The molecule has 1 unspecified atom stereocenters. The topological polar surface area (TPSA) is 64.3 Å². The van der Waals surface area contributed by atoms with Crippen molar-refractivity contribution in [1.29, 1.82) is 0 Å². The van der Waals surface area contributed by atoms with Gasteiger partial charge in [0.1, 0.15) is 22.7 Å². The summed E-state index contributed by atoms with van der Waals surface area (Å²) in [6.07, 6.45) is -2.86. The predicted octanol–water partition coefficient (Wildman–Crippen LogP) is 2.44. The van der Waals surface area contributed by atoms with Crippen LogP contribution in [0, 0.1) is 0 Å². The molecule has 118 valence electrons. The van der Waals surface area contributed by atoms with Crippen molar-refractivity contribution in [3.63, 3.8) is 0 Å². The first-order chi connectivity index (χ1) is 10.3. The first-order valence-electron chi connectivity index (χ1n) is 6.06. The number of carbonyl (C=O) groups excluding carboxylic acids is 1. The van der Waals surface area contributed by atoms with E-state index in [0.717, 1.165) is 11.8 Å². The lowest BCUT2D eigenvalue weighted by Gasteiger charge is -2.16. The maximum absolute atomic E-state index is 12.2. The summed E-state index contributed by atoms with van der Waals surface area (Å²) in [5.74, 6) is -0.00706. The molecule has 0 saturated carbocycles. The minimum absolute atomic E-state index is 0.265. The Kier molecular flexibility index (Phi) is 5.09. The molecule has 2 rings (SSSR count). The van der Waals surface area contributed by atoms with E-state index in [2.05, 4.69) is 5.32 Å². The van der Waals surface area contributed by atoms with Crippen LogP contribution in [0.15, 0.2) is 29.2 Å². The molecule has 1 atom stereocenters. The van der Waals surface area contributed by atoms with Gasteiger partial charge in [-0.25, -0.2) is 0 Å². The third-order valence-electron chi connectivity index (χ3n) is 2.67. The summed E-state index contributed by atoms with van der Waals surface area (Å²) in [5, 5.41) is 2.49. The summed E-state index contributed by atoms with van der Waals surface area (Å²) in [7, 11) is 0. The van der Waals surface area contributed by atoms with Gasteiger partial charge >= 0.3 is 6.18 Å². The molecule has 1 aromatic rings. The summed E-state index contributed by atoms with van der Waals surface area (Å²) in [4.78, 5) is 12.0. The fourth-order valence-corrected chi connectivity index (χ4v) is 2.56. The number of nitrogens with one attached hydrogen (secondary N) is 1. The van der Waals surface area contributed by atoms with Crippen molar-refractivity contribution >= 4 is 40.3 Å². The van der Waals surface area contributed by atoms with Crippen molar-refractivity contribution in [2.45, 2.75) is 12.2 Å². The van der Waals surface area contributed by atoms with E-state index in [4.69, 9.17) is 22.7 Å². The molecule has 4 nitrogen and oxygen atoms in total. The molecule has 1 heterocycles. The molecule has 0 spiro atoms. The van der Waals surface area contributed by atoms with Crippen molar-refractivity contribution < 1.29 is 22.7 Å². The SMILES string of the molecule is NC(COc1ccc(/C=C2\SC(=S)NC2=O)cc1)C(F)(F)F. The highest BCUT2D eigenvalue weighted by molar-refractivity contribution is 8.26. The predicted molar refractivity (Wildman–Crippen MR) is 82.3 cm³/mol. The molecule has 1 aliphatic heterocycles. The van der Waals surface area contributed by atoms with Crippen LogP contribution in [-0.2, 0) is 4.79 Å². The molecule has 3 N–H and O–H groups in total. The average molecular weight is 348 g/mol. The minimum atomic E-state index is -4.49. The quantitative estimate of drug-likeness (QED) is 0.646. The van der Waals surface area contributed by atoms with Crippen LogP contribution in [0.25, 0.3) is 6.08 Å². The highest BCUT2D eigenvalue weighted by Crippen LogP contribution is 2.26. The van der Waals surface area contributed by atoms with E-state index in [0.29, 0.717) is 14.8 Å². The molecule has 1 amide bonds. The normalized spacial score (nSPS) is 18.5. The number of nitrogens with two attached hydrogens (primary N) is 1. The standard InChI is InChI=1S/C13H11F3N2O2S2/c14-13(15,16)10(17)6-20-8-3-1-7(2-4-8)5-9-11(19)18-12(21)22-9/h1-5,10H,6,17H2,(H,18,19,21)/b9-5-. The number of thiocarbonyl (C=S) groups is 1. The van der Waals surface area contributed by atoms with Crippen LogP contribution in [0.5, 0.6) is 5.75 Å². The van der Waals surface area contributed by atoms with E-state index >= 15 is 0 Å². The van der Waals surface area contributed by atoms with Crippen molar-refractivity contribution in [3.8, 4) is 5.75 Å². The van der Waals surface area contributed by atoms with Gasteiger partial charge in [-0.1, -0.05) is 36.1 Å². The van der Waals surface area contributed by atoms with Crippen molar-refractivity contribution in [2.75, 3.05) is 6.61 Å². The zero-order valence-corrected chi connectivity index (χ0v) is 12.6. The molecule has 0 aromatic heterocycles. The summed E-state index contributed by atoms with van der Waals surface area (Å²) in [6.45, 7) is -0.656. The van der Waals surface area contributed by atoms with Crippen molar-refractivity contribution in [2.24, 2.45) is 5.73 Å². The molecule has 9 heteroatoms. The number of thioether (sulfide) groups is 1. The first-order valence-corrected chi connectivity index (χ1v) is 7.28. The summed E-state index contributed by atoms with van der Waals surface area (Å²) in [5.41, 5.74) is 5.65. The van der Waals surface area contributed by atoms with Crippen LogP contribution in [0.3, 0.4) is 0 Å². The number of carbonyl (C=O) groups is 1. The van der Waals surface area contributed by atoms with Gasteiger partial charge in [-0.3, -0.25) is 4.79 Å². The molecule has 1 fully saturated rings. The average Bonchev–Trinajstić information content (AvgIpc) is 2.74. The maximum Gasteiger partial charge on any atom is 0.406 e. The Labute approximate surface area is 133 Å². The summed E-state index contributed by atoms with van der Waals surface area (Å²) in [6, 6.07) is 4.22. The molecule has 1 aromatic carbocycles. The fourth-order valence-electron chi connectivity index (χ4n) is 1.51. The zero-order valence-electron chi connectivity index (χ0n) is 11.0. The van der Waals surface area contributed by atoms with E-state index in [1.165, 1.54) is 12.1 Å². The van der Waals surface area contributed by atoms with E-state index in [-0.39, 0.29) is 11.7 Å². The molecule has 0 bridgehead atoms. The number of amides is 1. The van der Waals surface area contributed by atoms with Crippen molar-refractivity contribution in [3.05, 3.63) is 34.7 Å². The smallest absolute Gasteiger partial charge is 0.406 e. The molecular formula is C13H11F3N2O2S2. The molecule has 1 saturated heterocycles. The van der Waals surface area contributed by atoms with E-state index in [1.54, 1.807) is 18.2 Å². The van der Waals surface area contributed by atoms with Gasteiger partial charge in [-0.2, -0.15) is 13.2 Å². The molecule has 1 aliphatic rings. The fraction of sp³-hybridized carbons (Fsp3) is 0.231. The van der Waals surface area contributed by atoms with Crippen LogP contribution in [0.2, 0.25) is 0 Å². The Morgan fingerprint density at radius 3 is 2.50 bits per heavy atom. The van der Waals surface area contributed by atoms with Gasteiger partial charge in [0.15, 0.2) is 0 Å². The maximum atomic E-state index is 12.2. The Hall–Kier alpha value is -1.58. The van der Waals surface area contributed by atoms with Gasteiger partial charge in [0.25, 0.3) is 5.91 Å². The van der Waals surface area contributed by atoms with Gasteiger partial charge in [0.2, 0.25) is 0 Å². The number of hydrogen-bond acceptors (Lipinski definition) is 5. The molecular weight excluding hydrogens is 337 g/mol. The monoisotopic (exact) mass is 348 g/mol. The Morgan fingerprint density at radius 2 is 2.00 bits per heavy atom. The number of halogens is 3. The number of hydrogen-bond donors (Lipinski definition) is 2. The second kappa shape index (κ2) is 6.67. The molecule has 0 radical (unpaired) electrons. The van der Waals surface area contributed by atoms with Crippen LogP contribution < -0.4 is 15.8 Å². The van der Waals surface area contributed by atoms with E-state index < -0.39 is 18.8 Å². The highest BCUT2D eigenvalue weighted by atomic mass is 32.2. The largest absolute Gasteiger partial charge is 0.492 e. The summed E-state index contributed by atoms with van der Waals surface area (Å²) >= 11 is 6.01. The minimum Gasteiger partial charge on any atom is -0.492 e. The lowest BCUT2D eigenvalue weighted by molar-refractivity contribution is -0.153. The lowest BCUT2D eigenvalue weighted by atomic mass is 10.2. The van der Waals surface area contributed by atoms with E-state index in [9.17, 15) is 18.0 Å². The van der Waals surface area contributed by atoms with Crippen molar-refractivity contribution in [1.82, 2.24) is 5.32 Å². The Balaban J connectivity index is 1.98. The second-order valence-corrected chi connectivity index (χ2v) is 6.10. The van der Waals surface area contributed by atoms with Crippen LogP contribution >= 0.6 is 24.0 Å². The number of rotatable bonds is 4. The Morgan fingerprint density at radius 1 is 1.36 bits per heavy atom. The first kappa shape index (κ1) is 16.8. The molecule has 22 heavy (non-hydrogen) atoms. The van der Waals surface area contributed by atoms with Gasteiger partial charge in [0.05, 0.1) is 4.91 Å². The van der Waals surface area contributed by atoms with Gasteiger partial charge in [0, 0.05) is 0 Å². The molecule has 0 aliphatic carbocycles. The van der Waals surface area contributed by atoms with Gasteiger partial charge in [-0.05, 0) is 23.8 Å². The number of alkyl halides is 3. The van der Waals surface area contributed by atoms with E-state index in [1.807, 2.05) is 0 Å². The Bertz CT molecular complexity index is 615. The highest BCUT2D eigenvalue weighted by Gasteiger charge is 2.37.